The molecule has 0 aliphatic carbocycles. The van der Waals surface area contributed by atoms with Crippen LogP contribution in [-0.4, -0.2) is 16.5 Å². The van der Waals surface area contributed by atoms with Gasteiger partial charge in [0.25, 0.3) is 0 Å². The van der Waals surface area contributed by atoms with E-state index in [1.165, 1.54) is 6.33 Å². The minimum atomic E-state index is -0.224. The van der Waals surface area contributed by atoms with Crippen LogP contribution in [0.15, 0.2) is 18.5 Å². The van der Waals surface area contributed by atoms with Crippen molar-refractivity contribution in [1.29, 1.82) is 0 Å². The van der Waals surface area contributed by atoms with Crippen LogP contribution in [0.3, 0.4) is 0 Å². The molecule has 1 aromatic heterocycles. The van der Waals surface area contributed by atoms with Gasteiger partial charge in [0.1, 0.15) is 18.0 Å². The fourth-order valence-electron chi connectivity index (χ4n) is 2.50. The van der Waals surface area contributed by atoms with Gasteiger partial charge >= 0.3 is 0 Å². The molecule has 0 saturated carbocycles. The summed E-state index contributed by atoms with van der Waals surface area (Å²) in [5.41, 5.74) is 4.05. The van der Waals surface area contributed by atoms with Crippen LogP contribution in [0.25, 0.3) is 11.3 Å². The molecular weight excluding hydrogens is 253 g/mol. The zero-order valence-corrected chi connectivity index (χ0v) is 12.4. The molecule has 0 radical (unpaired) electrons. The van der Waals surface area contributed by atoms with Crippen LogP contribution in [0.5, 0.6) is 0 Å². The average Bonchev–Trinajstić information content (AvgIpc) is 2.38. The Hall–Kier alpha value is -1.97. The lowest BCUT2D eigenvalue weighted by Crippen LogP contribution is -2.07. The first kappa shape index (κ1) is 14.4. The normalized spacial score (nSPS) is 10.7. The third-order valence-corrected chi connectivity index (χ3v) is 3.31. The average molecular weight is 273 g/mol. The van der Waals surface area contributed by atoms with E-state index in [0.717, 1.165) is 35.5 Å². The molecule has 1 heterocycles. The molecular formula is C16H20FN3. The zero-order chi connectivity index (χ0) is 14.7. The summed E-state index contributed by atoms with van der Waals surface area (Å²) in [5.74, 6) is 0.567. The topological polar surface area (TPSA) is 37.8 Å². The Morgan fingerprint density at radius 1 is 1.15 bits per heavy atom. The van der Waals surface area contributed by atoms with Crippen molar-refractivity contribution in [1.82, 2.24) is 9.97 Å². The Labute approximate surface area is 119 Å². The lowest BCUT2D eigenvalue weighted by atomic mass is 9.98. The molecule has 0 amide bonds. The summed E-state index contributed by atoms with van der Waals surface area (Å²) in [5, 5.41) is 3.21. The smallest absolute Gasteiger partial charge is 0.133 e. The van der Waals surface area contributed by atoms with Crippen LogP contribution < -0.4 is 5.32 Å². The second kappa shape index (κ2) is 5.99. The Balaban J connectivity index is 2.67. The maximum absolute atomic E-state index is 14.4. The molecule has 106 valence electrons. The van der Waals surface area contributed by atoms with Crippen LogP contribution in [-0.2, 0) is 6.42 Å². The maximum atomic E-state index is 14.4. The van der Waals surface area contributed by atoms with Crippen LogP contribution in [0.2, 0.25) is 0 Å². The number of hydrogen-bond donors (Lipinski definition) is 1. The second-order valence-electron chi connectivity index (χ2n) is 4.87. The predicted molar refractivity (Wildman–Crippen MR) is 80.4 cm³/mol. The number of anilines is 1. The largest absolute Gasteiger partial charge is 0.370 e. The summed E-state index contributed by atoms with van der Waals surface area (Å²) in [6.07, 6.45) is 2.25. The molecule has 1 N–H and O–H groups in total. The quantitative estimate of drug-likeness (QED) is 0.918. The van der Waals surface area contributed by atoms with Gasteiger partial charge in [-0.2, -0.15) is 0 Å². The maximum Gasteiger partial charge on any atom is 0.133 e. The predicted octanol–water partition coefficient (Wildman–Crippen LogP) is 3.89. The second-order valence-corrected chi connectivity index (χ2v) is 4.87. The standard InChI is InChI=1S/C16H20FN3/c1-5-12-15(19-9-20-16(12)18-6-2)14-11(4)7-10(3)8-13(14)17/h7-9H,5-6H2,1-4H3,(H,18,19,20). The molecule has 0 aliphatic heterocycles. The third-order valence-electron chi connectivity index (χ3n) is 3.31. The molecule has 0 bridgehead atoms. The van der Waals surface area contributed by atoms with E-state index in [9.17, 15) is 4.39 Å². The monoisotopic (exact) mass is 273 g/mol. The fraction of sp³-hybridized carbons (Fsp3) is 0.375. The van der Waals surface area contributed by atoms with E-state index in [1.807, 2.05) is 33.8 Å². The van der Waals surface area contributed by atoms with E-state index in [0.29, 0.717) is 11.3 Å². The van der Waals surface area contributed by atoms with Gasteiger partial charge in [-0.1, -0.05) is 13.0 Å². The number of hydrogen-bond acceptors (Lipinski definition) is 3. The first-order valence-corrected chi connectivity index (χ1v) is 6.93. The Bertz CT molecular complexity index is 600. The highest BCUT2D eigenvalue weighted by Crippen LogP contribution is 2.31. The van der Waals surface area contributed by atoms with Gasteiger partial charge in [0.15, 0.2) is 0 Å². The van der Waals surface area contributed by atoms with Crippen molar-refractivity contribution in [3.8, 4) is 11.3 Å². The van der Waals surface area contributed by atoms with Crippen molar-refractivity contribution in [2.75, 3.05) is 11.9 Å². The Kier molecular flexibility index (Phi) is 4.32. The van der Waals surface area contributed by atoms with Gasteiger partial charge in [-0.15, -0.1) is 0 Å². The summed E-state index contributed by atoms with van der Waals surface area (Å²) in [7, 11) is 0. The van der Waals surface area contributed by atoms with Crippen molar-refractivity contribution in [3.63, 3.8) is 0 Å². The Morgan fingerprint density at radius 3 is 2.50 bits per heavy atom. The van der Waals surface area contributed by atoms with Gasteiger partial charge in [0.05, 0.1) is 5.69 Å². The lowest BCUT2D eigenvalue weighted by molar-refractivity contribution is 0.628. The first-order valence-electron chi connectivity index (χ1n) is 6.93. The highest BCUT2D eigenvalue weighted by atomic mass is 19.1. The van der Waals surface area contributed by atoms with Crippen molar-refractivity contribution in [2.45, 2.75) is 34.1 Å². The van der Waals surface area contributed by atoms with Gasteiger partial charge in [-0.3, -0.25) is 0 Å². The summed E-state index contributed by atoms with van der Waals surface area (Å²) >= 11 is 0. The van der Waals surface area contributed by atoms with Crippen LogP contribution >= 0.6 is 0 Å². The minimum Gasteiger partial charge on any atom is -0.370 e. The third kappa shape index (κ3) is 2.64. The molecule has 3 nitrogen and oxygen atoms in total. The molecule has 4 heteroatoms. The number of nitrogens with zero attached hydrogens (tertiary/aromatic N) is 2. The van der Waals surface area contributed by atoms with Crippen molar-refractivity contribution in [2.24, 2.45) is 0 Å². The fourth-order valence-corrected chi connectivity index (χ4v) is 2.50. The van der Waals surface area contributed by atoms with E-state index in [-0.39, 0.29) is 5.82 Å². The summed E-state index contributed by atoms with van der Waals surface area (Å²) in [6.45, 7) is 8.63. The van der Waals surface area contributed by atoms with Gasteiger partial charge < -0.3 is 5.32 Å². The van der Waals surface area contributed by atoms with Gasteiger partial charge in [-0.25, -0.2) is 14.4 Å². The molecule has 20 heavy (non-hydrogen) atoms. The van der Waals surface area contributed by atoms with E-state index in [4.69, 9.17) is 0 Å². The highest BCUT2D eigenvalue weighted by Gasteiger charge is 2.17. The number of rotatable bonds is 4. The van der Waals surface area contributed by atoms with Crippen LogP contribution in [0.1, 0.15) is 30.5 Å². The molecule has 0 saturated heterocycles. The molecule has 2 rings (SSSR count). The lowest BCUT2D eigenvalue weighted by Gasteiger charge is -2.15. The SMILES string of the molecule is CCNc1ncnc(-c2c(C)cc(C)cc2F)c1CC. The molecule has 1 aromatic carbocycles. The van der Waals surface area contributed by atoms with E-state index in [1.54, 1.807) is 6.07 Å². The minimum absolute atomic E-state index is 0.224. The van der Waals surface area contributed by atoms with E-state index >= 15 is 0 Å². The van der Waals surface area contributed by atoms with Gasteiger partial charge in [-0.05, 0) is 44.4 Å². The summed E-state index contributed by atoms with van der Waals surface area (Å²) in [4.78, 5) is 8.58. The van der Waals surface area contributed by atoms with E-state index < -0.39 is 0 Å². The summed E-state index contributed by atoms with van der Waals surface area (Å²) in [6, 6.07) is 3.53. The molecule has 0 spiro atoms. The number of aromatic nitrogens is 2. The van der Waals surface area contributed by atoms with Gasteiger partial charge in [0, 0.05) is 17.7 Å². The molecule has 0 aliphatic rings. The van der Waals surface area contributed by atoms with Crippen molar-refractivity contribution < 1.29 is 4.39 Å². The number of nitrogens with one attached hydrogen (secondary N) is 1. The molecule has 0 atom stereocenters. The number of benzene rings is 1. The number of aryl methyl sites for hydroxylation is 2. The molecule has 2 aromatic rings. The van der Waals surface area contributed by atoms with Gasteiger partial charge in [0.2, 0.25) is 0 Å². The number of halogens is 1. The molecule has 0 fully saturated rings. The first-order chi connectivity index (χ1) is 9.58. The molecule has 0 unspecified atom stereocenters. The van der Waals surface area contributed by atoms with Crippen LogP contribution in [0.4, 0.5) is 10.2 Å². The summed E-state index contributed by atoms with van der Waals surface area (Å²) < 4.78 is 14.4. The van der Waals surface area contributed by atoms with Crippen LogP contribution in [0, 0.1) is 19.7 Å². The Morgan fingerprint density at radius 2 is 1.90 bits per heavy atom. The van der Waals surface area contributed by atoms with E-state index in [2.05, 4.69) is 15.3 Å². The van der Waals surface area contributed by atoms with Crippen molar-refractivity contribution >= 4 is 5.82 Å². The van der Waals surface area contributed by atoms with Crippen molar-refractivity contribution in [3.05, 3.63) is 41.0 Å². The zero-order valence-electron chi connectivity index (χ0n) is 12.4. The highest BCUT2D eigenvalue weighted by molar-refractivity contribution is 5.71.